The molecule has 0 fully saturated rings. The fourth-order valence-corrected chi connectivity index (χ4v) is 3.03. The van der Waals surface area contributed by atoms with Crippen LogP contribution in [0.4, 0.5) is 4.79 Å². The number of hydrogen-bond acceptors (Lipinski definition) is 5. The fourth-order valence-electron chi connectivity index (χ4n) is 3.03. The predicted molar refractivity (Wildman–Crippen MR) is 89.6 cm³/mol. The molecule has 0 bridgehead atoms. The number of aryl methyl sites for hydroxylation is 2. The molecule has 1 amide bonds. The maximum absolute atomic E-state index is 12.1. The molecule has 2 N–H and O–H groups in total. The molecule has 0 saturated carbocycles. The first kappa shape index (κ1) is 15.4. The van der Waals surface area contributed by atoms with E-state index in [9.17, 15) is 9.59 Å². The molecular weight excluding hydrogens is 322 g/mol. The molecule has 0 aliphatic heterocycles. The van der Waals surface area contributed by atoms with Crippen molar-refractivity contribution in [1.82, 2.24) is 24.9 Å². The summed E-state index contributed by atoms with van der Waals surface area (Å²) in [7, 11) is 0. The summed E-state index contributed by atoms with van der Waals surface area (Å²) in [5.41, 5.74) is 2.91. The van der Waals surface area contributed by atoms with Crippen LogP contribution in [0.15, 0.2) is 35.1 Å². The maximum Gasteiger partial charge on any atom is 0.415 e. The van der Waals surface area contributed by atoms with Crippen LogP contribution in [0, 0.1) is 0 Å². The lowest BCUT2D eigenvalue weighted by Crippen LogP contribution is -2.26. The van der Waals surface area contributed by atoms with Crippen LogP contribution < -0.4 is 15.7 Å². The Hall–Kier alpha value is -3.16. The van der Waals surface area contributed by atoms with Gasteiger partial charge in [0.1, 0.15) is 0 Å². The zero-order chi connectivity index (χ0) is 17.2. The molecule has 2 aromatic heterocycles. The van der Waals surface area contributed by atoms with Crippen LogP contribution in [0.3, 0.4) is 0 Å². The molecule has 0 spiro atoms. The Morgan fingerprint density at radius 1 is 1.24 bits per heavy atom. The summed E-state index contributed by atoms with van der Waals surface area (Å²) >= 11 is 0. The Kier molecular flexibility index (Phi) is 3.93. The van der Waals surface area contributed by atoms with Gasteiger partial charge in [0, 0.05) is 17.8 Å². The molecule has 128 valence electrons. The Morgan fingerprint density at radius 3 is 2.88 bits per heavy atom. The van der Waals surface area contributed by atoms with E-state index in [-0.39, 0.29) is 11.7 Å². The number of rotatable bonds is 3. The van der Waals surface area contributed by atoms with E-state index in [1.165, 1.54) is 0 Å². The van der Waals surface area contributed by atoms with E-state index in [0.717, 1.165) is 47.0 Å². The highest BCUT2D eigenvalue weighted by Gasteiger charge is 2.20. The van der Waals surface area contributed by atoms with E-state index in [4.69, 9.17) is 4.74 Å². The van der Waals surface area contributed by atoms with E-state index in [2.05, 4.69) is 20.4 Å². The number of amides is 1. The highest BCUT2D eigenvalue weighted by molar-refractivity contribution is 5.69. The summed E-state index contributed by atoms with van der Waals surface area (Å²) < 4.78 is 6.28. The average Bonchev–Trinajstić information content (AvgIpc) is 3.05. The van der Waals surface area contributed by atoms with E-state index in [1.54, 1.807) is 0 Å². The molecule has 4 rings (SSSR count). The average molecular weight is 339 g/mol. The predicted octanol–water partition coefficient (Wildman–Crippen LogP) is 1.58. The van der Waals surface area contributed by atoms with Crippen LogP contribution in [0.25, 0.3) is 5.65 Å². The van der Waals surface area contributed by atoms with Crippen molar-refractivity contribution < 1.29 is 9.53 Å². The third-order valence-electron chi connectivity index (χ3n) is 4.24. The maximum atomic E-state index is 12.1. The van der Waals surface area contributed by atoms with Gasteiger partial charge in [-0.2, -0.15) is 9.50 Å². The molecule has 1 aliphatic carbocycles. The van der Waals surface area contributed by atoms with Gasteiger partial charge >= 0.3 is 17.8 Å². The Morgan fingerprint density at radius 2 is 2.04 bits per heavy atom. The number of fused-ring (bicyclic) bond motifs is 3. The van der Waals surface area contributed by atoms with Crippen LogP contribution >= 0.6 is 0 Å². The van der Waals surface area contributed by atoms with Gasteiger partial charge in [0.05, 0.1) is 0 Å². The number of aromatic amines is 1. The van der Waals surface area contributed by atoms with Crippen LogP contribution in [-0.2, 0) is 19.4 Å². The third-order valence-corrected chi connectivity index (χ3v) is 4.24. The van der Waals surface area contributed by atoms with Crippen molar-refractivity contribution in [3.63, 3.8) is 0 Å². The van der Waals surface area contributed by atoms with Crippen LogP contribution in [0.2, 0.25) is 0 Å². The van der Waals surface area contributed by atoms with Gasteiger partial charge in [0.2, 0.25) is 0 Å². The van der Waals surface area contributed by atoms with E-state index < -0.39 is 6.09 Å². The highest BCUT2D eigenvalue weighted by Crippen LogP contribution is 2.22. The smallest absolute Gasteiger partial charge is 0.373 e. The van der Waals surface area contributed by atoms with Gasteiger partial charge in [-0.15, -0.1) is 5.10 Å². The number of carbonyl (C=O) groups excluding carboxylic acids is 1. The fraction of sp³-hybridized carbons (Fsp3) is 0.294. The van der Waals surface area contributed by atoms with Gasteiger partial charge < -0.3 is 15.0 Å². The van der Waals surface area contributed by atoms with Gasteiger partial charge in [-0.25, -0.2) is 9.59 Å². The molecule has 3 aromatic rings. The lowest BCUT2D eigenvalue weighted by molar-refractivity contribution is 0.196. The highest BCUT2D eigenvalue weighted by atomic mass is 16.6. The monoisotopic (exact) mass is 339 g/mol. The van der Waals surface area contributed by atoms with E-state index in [0.29, 0.717) is 12.2 Å². The van der Waals surface area contributed by atoms with Gasteiger partial charge in [0.15, 0.2) is 5.65 Å². The lowest BCUT2D eigenvalue weighted by atomic mass is 9.97. The molecule has 0 unspecified atom stereocenters. The molecule has 0 radical (unpaired) electrons. The van der Waals surface area contributed by atoms with E-state index >= 15 is 0 Å². The number of H-pyrrole nitrogens is 1. The number of nitrogens with one attached hydrogen (secondary N) is 2. The Balaban J connectivity index is 1.53. The summed E-state index contributed by atoms with van der Waals surface area (Å²) in [6.45, 7) is 0.336. The standard InChI is InChI=1S/C17H17N5O3/c23-16-19-13-9-5-4-8-12(13)14-20-15(21-22(14)16)25-17(24)18-10-11-6-2-1-3-7-11/h1-3,6-7H,4-5,8-10H2,(H,18,24)(H,19,23). The SMILES string of the molecule is O=C(NCc1ccccc1)Oc1nc2c3c([nH]c(=O)n2n1)CCCC3. The van der Waals surface area contributed by atoms with Gasteiger partial charge in [-0.3, -0.25) is 0 Å². The minimum Gasteiger partial charge on any atom is -0.373 e. The number of ether oxygens (including phenoxy) is 1. The van der Waals surface area contributed by atoms with Crippen molar-refractivity contribution in [3.8, 4) is 6.01 Å². The van der Waals surface area contributed by atoms with Crippen LogP contribution in [-0.4, -0.2) is 25.7 Å². The normalized spacial score (nSPS) is 13.4. The molecule has 8 nitrogen and oxygen atoms in total. The molecule has 1 aliphatic rings. The number of aromatic nitrogens is 4. The molecule has 25 heavy (non-hydrogen) atoms. The first-order valence-electron chi connectivity index (χ1n) is 8.21. The molecule has 8 heteroatoms. The van der Waals surface area contributed by atoms with Crippen molar-refractivity contribution in [3.05, 3.63) is 57.6 Å². The number of nitrogens with zero attached hydrogens (tertiary/aromatic N) is 3. The van der Waals surface area contributed by atoms with Crippen molar-refractivity contribution in [2.24, 2.45) is 0 Å². The second-order valence-electron chi connectivity index (χ2n) is 5.95. The summed E-state index contributed by atoms with van der Waals surface area (Å²) in [6, 6.07) is 9.35. The van der Waals surface area contributed by atoms with Gasteiger partial charge in [0.25, 0.3) is 0 Å². The first-order chi connectivity index (χ1) is 12.2. The second kappa shape index (κ2) is 6.39. The van der Waals surface area contributed by atoms with E-state index in [1.807, 2.05) is 30.3 Å². The Labute approximate surface area is 142 Å². The van der Waals surface area contributed by atoms with Crippen LogP contribution in [0.1, 0.15) is 29.7 Å². The molecule has 1 aromatic carbocycles. The molecule has 0 atom stereocenters. The van der Waals surface area contributed by atoms with Gasteiger partial charge in [-0.1, -0.05) is 30.3 Å². The van der Waals surface area contributed by atoms with Crippen molar-refractivity contribution >= 4 is 11.7 Å². The zero-order valence-corrected chi connectivity index (χ0v) is 13.5. The number of hydrogen-bond donors (Lipinski definition) is 2. The minimum atomic E-state index is -0.662. The van der Waals surface area contributed by atoms with Crippen LogP contribution in [0.5, 0.6) is 6.01 Å². The first-order valence-corrected chi connectivity index (χ1v) is 8.21. The lowest BCUT2D eigenvalue weighted by Gasteiger charge is -2.14. The Bertz CT molecular complexity index is 977. The topological polar surface area (TPSA) is 101 Å². The number of carbonyl (C=O) groups is 1. The second-order valence-corrected chi connectivity index (χ2v) is 5.95. The van der Waals surface area contributed by atoms with Crippen molar-refractivity contribution in [1.29, 1.82) is 0 Å². The molecule has 2 heterocycles. The quantitative estimate of drug-likeness (QED) is 0.754. The summed E-state index contributed by atoms with van der Waals surface area (Å²) in [6.07, 6.45) is 3.06. The zero-order valence-electron chi connectivity index (χ0n) is 13.5. The molecule has 0 saturated heterocycles. The van der Waals surface area contributed by atoms with Crippen molar-refractivity contribution in [2.45, 2.75) is 32.2 Å². The summed E-state index contributed by atoms with van der Waals surface area (Å²) in [5.74, 6) is 0. The van der Waals surface area contributed by atoms with Gasteiger partial charge in [-0.05, 0) is 31.2 Å². The molecular formula is C17H17N5O3. The minimum absolute atomic E-state index is 0.130. The largest absolute Gasteiger partial charge is 0.415 e. The van der Waals surface area contributed by atoms with Crippen molar-refractivity contribution in [2.75, 3.05) is 0 Å². The summed E-state index contributed by atoms with van der Waals surface area (Å²) in [5, 5.41) is 6.63. The summed E-state index contributed by atoms with van der Waals surface area (Å²) in [4.78, 5) is 31.1. The third kappa shape index (κ3) is 3.10. The number of benzene rings is 1.